The van der Waals surface area contributed by atoms with Crippen LogP contribution in [-0.2, 0) is 22.1 Å². The van der Waals surface area contributed by atoms with Gasteiger partial charge in [-0.1, -0.05) is 37.5 Å². The molecule has 0 amide bonds. The van der Waals surface area contributed by atoms with Gasteiger partial charge in [0, 0.05) is 6.54 Å². The summed E-state index contributed by atoms with van der Waals surface area (Å²) in [6.07, 6.45) is 4.95. The van der Waals surface area contributed by atoms with Crippen molar-refractivity contribution in [1.29, 1.82) is 0 Å². The molecule has 1 aliphatic carbocycles. The van der Waals surface area contributed by atoms with Crippen molar-refractivity contribution in [2.45, 2.75) is 56.6 Å². The number of aryl methyl sites for hydroxylation is 1. The Morgan fingerprint density at radius 3 is 2.47 bits per heavy atom. The number of sulfone groups is 1. The van der Waals surface area contributed by atoms with Gasteiger partial charge in [0.25, 0.3) is 0 Å². The summed E-state index contributed by atoms with van der Waals surface area (Å²) in [5, 5.41) is -0.130. The lowest BCUT2D eigenvalue weighted by atomic mass is 10.0. The molecule has 1 saturated carbocycles. The zero-order valence-electron chi connectivity index (χ0n) is 11.6. The zero-order valence-corrected chi connectivity index (χ0v) is 12.4. The molecule has 0 saturated heterocycles. The number of hydrogen-bond acceptors (Lipinski definition) is 3. The summed E-state index contributed by atoms with van der Waals surface area (Å²) >= 11 is 0. The highest BCUT2D eigenvalue weighted by Crippen LogP contribution is 2.27. The first kappa shape index (κ1) is 14.5. The lowest BCUT2D eigenvalue weighted by Gasteiger charge is -2.22. The highest BCUT2D eigenvalue weighted by Gasteiger charge is 2.27. The molecule has 1 aromatic rings. The topological polar surface area (TPSA) is 60.2 Å². The third kappa shape index (κ3) is 3.57. The van der Waals surface area contributed by atoms with Gasteiger partial charge in [0.15, 0.2) is 9.84 Å². The van der Waals surface area contributed by atoms with Gasteiger partial charge in [0.05, 0.1) is 11.0 Å². The molecule has 0 aliphatic heterocycles. The summed E-state index contributed by atoms with van der Waals surface area (Å²) in [7, 11) is -3.01. The van der Waals surface area contributed by atoms with Crippen LogP contribution in [0, 0.1) is 6.92 Å². The summed E-state index contributed by atoms with van der Waals surface area (Å²) < 4.78 is 24.9. The number of hydrogen-bond donors (Lipinski definition) is 1. The maximum absolute atomic E-state index is 12.4. The first-order chi connectivity index (χ1) is 9.03. The van der Waals surface area contributed by atoms with Crippen molar-refractivity contribution in [2.24, 2.45) is 5.73 Å². The molecular formula is C15H23NO2S. The van der Waals surface area contributed by atoms with Crippen LogP contribution in [0.1, 0.15) is 48.8 Å². The first-order valence-electron chi connectivity index (χ1n) is 7.03. The minimum Gasteiger partial charge on any atom is -0.326 e. The van der Waals surface area contributed by atoms with Gasteiger partial charge in [-0.15, -0.1) is 0 Å². The van der Waals surface area contributed by atoms with Crippen LogP contribution in [0.3, 0.4) is 0 Å². The molecule has 1 aromatic carbocycles. The second kappa shape index (κ2) is 6.06. The molecule has 1 fully saturated rings. The van der Waals surface area contributed by atoms with Crippen LogP contribution >= 0.6 is 0 Å². The van der Waals surface area contributed by atoms with Gasteiger partial charge in [0.2, 0.25) is 0 Å². The van der Waals surface area contributed by atoms with Crippen molar-refractivity contribution in [3.05, 3.63) is 34.9 Å². The molecule has 1 aliphatic rings. The van der Waals surface area contributed by atoms with Gasteiger partial charge >= 0.3 is 0 Å². The Morgan fingerprint density at radius 2 is 1.89 bits per heavy atom. The molecule has 0 spiro atoms. The van der Waals surface area contributed by atoms with Crippen molar-refractivity contribution >= 4 is 9.84 Å². The summed E-state index contributed by atoms with van der Waals surface area (Å²) in [5.74, 6) is 0.175. The SMILES string of the molecule is Cc1cc(CN)ccc1CS(=O)(=O)C1CCCCC1. The predicted molar refractivity (Wildman–Crippen MR) is 78.6 cm³/mol. The zero-order chi connectivity index (χ0) is 13.9. The average molecular weight is 281 g/mol. The first-order valence-corrected chi connectivity index (χ1v) is 8.74. The van der Waals surface area contributed by atoms with Crippen molar-refractivity contribution in [3.63, 3.8) is 0 Å². The Morgan fingerprint density at radius 1 is 1.21 bits per heavy atom. The number of benzene rings is 1. The normalized spacial score (nSPS) is 17.6. The summed E-state index contributed by atoms with van der Waals surface area (Å²) in [4.78, 5) is 0. The molecule has 2 rings (SSSR count). The second-order valence-electron chi connectivity index (χ2n) is 5.53. The van der Waals surface area contributed by atoms with Crippen LogP contribution in [0.15, 0.2) is 18.2 Å². The van der Waals surface area contributed by atoms with Crippen LogP contribution in [0.4, 0.5) is 0 Å². The van der Waals surface area contributed by atoms with E-state index < -0.39 is 9.84 Å². The van der Waals surface area contributed by atoms with E-state index in [1.165, 1.54) is 6.42 Å². The Balaban J connectivity index is 2.15. The maximum Gasteiger partial charge on any atom is 0.157 e. The molecule has 0 unspecified atom stereocenters. The third-order valence-electron chi connectivity index (χ3n) is 4.06. The van der Waals surface area contributed by atoms with E-state index in [4.69, 9.17) is 5.73 Å². The van der Waals surface area contributed by atoms with Crippen LogP contribution in [0.25, 0.3) is 0 Å². The molecule has 0 aromatic heterocycles. The number of rotatable bonds is 4. The smallest absolute Gasteiger partial charge is 0.157 e. The summed E-state index contributed by atoms with van der Waals surface area (Å²) in [5.41, 5.74) is 8.60. The van der Waals surface area contributed by atoms with Crippen LogP contribution in [0.5, 0.6) is 0 Å². The lowest BCUT2D eigenvalue weighted by Crippen LogP contribution is -2.25. The average Bonchev–Trinajstić information content (AvgIpc) is 2.42. The molecule has 4 heteroatoms. The quantitative estimate of drug-likeness (QED) is 0.923. The van der Waals surface area contributed by atoms with Crippen molar-refractivity contribution < 1.29 is 8.42 Å². The van der Waals surface area contributed by atoms with Crippen molar-refractivity contribution in [1.82, 2.24) is 0 Å². The molecule has 0 atom stereocenters. The predicted octanol–water partition coefficient (Wildman–Crippen LogP) is 2.70. The van der Waals surface area contributed by atoms with E-state index in [0.717, 1.165) is 42.4 Å². The van der Waals surface area contributed by atoms with E-state index in [2.05, 4.69) is 0 Å². The third-order valence-corrected chi connectivity index (χ3v) is 6.26. The number of nitrogens with two attached hydrogens (primary N) is 1. The van der Waals surface area contributed by atoms with E-state index in [1.807, 2.05) is 25.1 Å². The van der Waals surface area contributed by atoms with Crippen LogP contribution < -0.4 is 5.73 Å². The Kier molecular flexibility index (Phi) is 4.63. The molecular weight excluding hydrogens is 258 g/mol. The highest BCUT2D eigenvalue weighted by molar-refractivity contribution is 7.91. The fourth-order valence-electron chi connectivity index (χ4n) is 2.81. The molecule has 0 bridgehead atoms. The van der Waals surface area contributed by atoms with E-state index in [9.17, 15) is 8.42 Å². The molecule has 106 valence electrons. The van der Waals surface area contributed by atoms with E-state index in [-0.39, 0.29) is 11.0 Å². The van der Waals surface area contributed by atoms with Gasteiger partial charge in [-0.3, -0.25) is 0 Å². The van der Waals surface area contributed by atoms with Gasteiger partial charge < -0.3 is 5.73 Å². The van der Waals surface area contributed by atoms with Gasteiger partial charge in [0.1, 0.15) is 0 Å². The molecule has 0 heterocycles. The summed E-state index contributed by atoms with van der Waals surface area (Å²) in [6, 6.07) is 5.84. The fraction of sp³-hybridized carbons (Fsp3) is 0.600. The van der Waals surface area contributed by atoms with Gasteiger partial charge in [-0.25, -0.2) is 8.42 Å². The fourth-order valence-corrected chi connectivity index (χ4v) is 4.85. The Labute approximate surface area is 116 Å². The van der Waals surface area contributed by atoms with Crippen LogP contribution in [0.2, 0.25) is 0 Å². The van der Waals surface area contributed by atoms with E-state index in [1.54, 1.807) is 0 Å². The van der Waals surface area contributed by atoms with Gasteiger partial charge in [-0.2, -0.15) is 0 Å². The highest BCUT2D eigenvalue weighted by atomic mass is 32.2. The van der Waals surface area contributed by atoms with E-state index in [0.29, 0.717) is 6.54 Å². The maximum atomic E-state index is 12.4. The van der Waals surface area contributed by atoms with Gasteiger partial charge in [-0.05, 0) is 36.5 Å². The Hall–Kier alpha value is -0.870. The second-order valence-corrected chi connectivity index (χ2v) is 7.81. The largest absolute Gasteiger partial charge is 0.326 e. The monoisotopic (exact) mass is 281 g/mol. The van der Waals surface area contributed by atoms with Crippen molar-refractivity contribution in [3.8, 4) is 0 Å². The Bertz CT molecular complexity index is 531. The minimum atomic E-state index is -3.01. The lowest BCUT2D eigenvalue weighted by molar-refractivity contribution is 0.483. The van der Waals surface area contributed by atoms with Crippen molar-refractivity contribution in [2.75, 3.05) is 0 Å². The summed E-state index contributed by atoms with van der Waals surface area (Å²) in [6.45, 7) is 2.46. The minimum absolute atomic E-state index is 0.130. The molecule has 2 N–H and O–H groups in total. The molecule has 3 nitrogen and oxygen atoms in total. The van der Waals surface area contributed by atoms with Crippen LogP contribution in [-0.4, -0.2) is 13.7 Å². The van der Waals surface area contributed by atoms with E-state index >= 15 is 0 Å². The molecule has 19 heavy (non-hydrogen) atoms. The molecule has 0 radical (unpaired) electrons. The standard InChI is InChI=1S/C15H23NO2S/c1-12-9-13(10-16)7-8-14(12)11-19(17,18)15-5-3-2-4-6-15/h7-9,15H,2-6,10-11,16H2,1H3.